The van der Waals surface area contributed by atoms with Crippen LogP contribution in [0.1, 0.15) is 6.42 Å². The minimum atomic E-state index is 0.106. The number of hydrogen-bond acceptors (Lipinski definition) is 4. The van der Waals surface area contributed by atoms with Crippen LogP contribution < -0.4 is 5.56 Å². The maximum atomic E-state index is 12.1. The molecule has 0 N–H and O–H groups in total. The van der Waals surface area contributed by atoms with E-state index in [0.29, 0.717) is 6.67 Å². The lowest BCUT2D eigenvalue weighted by Gasteiger charge is -2.15. The first kappa shape index (κ1) is 13.3. The molecule has 0 fully saturated rings. The van der Waals surface area contributed by atoms with Crippen molar-refractivity contribution >= 4 is 21.6 Å². The molecule has 0 spiro atoms. The van der Waals surface area contributed by atoms with Crippen LogP contribution in [-0.4, -0.2) is 36.2 Å². The average molecular weight is 266 g/mol. The molecule has 0 radical (unpaired) electrons. The molecule has 2 aromatic rings. The van der Waals surface area contributed by atoms with Crippen LogP contribution in [0, 0.1) is 0 Å². The number of aromatic nitrogens is 1. The van der Waals surface area contributed by atoms with Gasteiger partial charge in [0, 0.05) is 20.3 Å². The molecule has 5 heteroatoms. The molecule has 98 valence electrons. The van der Waals surface area contributed by atoms with Crippen molar-refractivity contribution in [1.82, 2.24) is 8.86 Å². The summed E-state index contributed by atoms with van der Waals surface area (Å²) in [5, 5.41) is 0.813. The number of ether oxygens (including phenoxy) is 1. The number of methoxy groups -OCH3 is 1. The highest BCUT2D eigenvalue weighted by molar-refractivity contribution is 7.13. The maximum absolute atomic E-state index is 12.1. The van der Waals surface area contributed by atoms with Gasteiger partial charge in [-0.1, -0.05) is 23.7 Å². The molecule has 0 aliphatic heterocycles. The zero-order chi connectivity index (χ0) is 13.0. The quantitative estimate of drug-likeness (QED) is 0.750. The molecular formula is C13H18N2O2S. The average Bonchev–Trinajstić information content (AvgIpc) is 2.67. The van der Waals surface area contributed by atoms with Gasteiger partial charge in [-0.25, -0.2) is 3.96 Å². The number of hydrogen-bond donors (Lipinski definition) is 0. The van der Waals surface area contributed by atoms with Crippen molar-refractivity contribution in [2.45, 2.75) is 13.1 Å². The van der Waals surface area contributed by atoms with Crippen molar-refractivity contribution in [1.29, 1.82) is 0 Å². The number of rotatable bonds is 6. The Balaban J connectivity index is 2.07. The van der Waals surface area contributed by atoms with Crippen LogP contribution in [0.3, 0.4) is 0 Å². The molecule has 1 aromatic carbocycles. The zero-order valence-corrected chi connectivity index (χ0v) is 11.6. The van der Waals surface area contributed by atoms with Crippen molar-refractivity contribution in [3.05, 3.63) is 34.6 Å². The van der Waals surface area contributed by atoms with E-state index in [4.69, 9.17) is 4.74 Å². The van der Waals surface area contributed by atoms with Crippen LogP contribution in [0.2, 0.25) is 0 Å². The van der Waals surface area contributed by atoms with Gasteiger partial charge in [-0.2, -0.15) is 0 Å². The van der Waals surface area contributed by atoms with E-state index in [1.807, 2.05) is 31.3 Å². The van der Waals surface area contributed by atoms with Gasteiger partial charge in [-0.05, 0) is 25.6 Å². The van der Waals surface area contributed by atoms with Gasteiger partial charge in [0.1, 0.15) is 0 Å². The molecule has 1 aromatic heterocycles. The largest absolute Gasteiger partial charge is 0.385 e. The highest BCUT2D eigenvalue weighted by Gasteiger charge is 2.08. The van der Waals surface area contributed by atoms with E-state index in [2.05, 4.69) is 4.90 Å². The van der Waals surface area contributed by atoms with Gasteiger partial charge < -0.3 is 4.74 Å². The van der Waals surface area contributed by atoms with Gasteiger partial charge in [0.05, 0.1) is 16.8 Å². The highest BCUT2D eigenvalue weighted by Crippen LogP contribution is 2.15. The lowest BCUT2D eigenvalue weighted by molar-refractivity contribution is 0.172. The van der Waals surface area contributed by atoms with Gasteiger partial charge in [0.25, 0.3) is 5.56 Å². The lowest BCUT2D eigenvalue weighted by Crippen LogP contribution is -2.27. The van der Waals surface area contributed by atoms with Gasteiger partial charge >= 0.3 is 0 Å². The summed E-state index contributed by atoms with van der Waals surface area (Å²) in [6, 6.07) is 7.74. The summed E-state index contributed by atoms with van der Waals surface area (Å²) in [7, 11) is 3.73. The van der Waals surface area contributed by atoms with E-state index in [1.165, 1.54) is 11.5 Å². The predicted octanol–water partition coefficient (Wildman–Crippen LogP) is 1.99. The Morgan fingerprint density at radius 3 is 2.89 bits per heavy atom. The Labute approximate surface area is 111 Å². The molecule has 4 nitrogen and oxygen atoms in total. The van der Waals surface area contributed by atoms with Crippen molar-refractivity contribution in [3.8, 4) is 0 Å². The third kappa shape index (κ3) is 2.98. The molecule has 0 bridgehead atoms. The van der Waals surface area contributed by atoms with Crippen LogP contribution in [0.25, 0.3) is 10.1 Å². The minimum Gasteiger partial charge on any atom is -0.385 e. The smallest absolute Gasteiger partial charge is 0.269 e. The van der Waals surface area contributed by atoms with Crippen LogP contribution in [0.4, 0.5) is 0 Å². The van der Waals surface area contributed by atoms with Crippen LogP contribution in [0.15, 0.2) is 29.1 Å². The van der Waals surface area contributed by atoms with Gasteiger partial charge in [0.2, 0.25) is 0 Å². The molecule has 1 heterocycles. The van der Waals surface area contributed by atoms with E-state index in [1.54, 1.807) is 11.1 Å². The first-order chi connectivity index (χ1) is 8.72. The predicted molar refractivity (Wildman–Crippen MR) is 75.2 cm³/mol. The molecule has 0 unspecified atom stereocenters. The van der Waals surface area contributed by atoms with Gasteiger partial charge in [0.15, 0.2) is 0 Å². The monoisotopic (exact) mass is 266 g/mol. The molecule has 0 aliphatic rings. The number of benzene rings is 1. The third-order valence-electron chi connectivity index (χ3n) is 2.81. The van der Waals surface area contributed by atoms with Crippen LogP contribution in [0.5, 0.6) is 0 Å². The van der Waals surface area contributed by atoms with Crippen LogP contribution >= 0.6 is 11.5 Å². The van der Waals surface area contributed by atoms with Crippen molar-refractivity contribution in [3.63, 3.8) is 0 Å². The molecule has 2 rings (SSSR count). The van der Waals surface area contributed by atoms with Crippen molar-refractivity contribution in [2.24, 2.45) is 0 Å². The summed E-state index contributed by atoms with van der Waals surface area (Å²) in [6.45, 7) is 2.32. The fourth-order valence-electron chi connectivity index (χ4n) is 1.88. The van der Waals surface area contributed by atoms with E-state index >= 15 is 0 Å². The summed E-state index contributed by atoms with van der Waals surface area (Å²) in [5.74, 6) is 0. The molecular weight excluding hydrogens is 248 g/mol. The summed E-state index contributed by atoms with van der Waals surface area (Å²) in [4.78, 5) is 14.3. The zero-order valence-electron chi connectivity index (χ0n) is 10.8. The Hall–Kier alpha value is -1.17. The normalized spacial score (nSPS) is 11.5. The fourth-order valence-corrected chi connectivity index (χ4v) is 2.95. The second-order valence-electron chi connectivity index (χ2n) is 4.34. The van der Waals surface area contributed by atoms with E-state index < -0.39 is 0 Å². The number of nitrogens with zero attached hydrogens (tertiary/aromatic N) is 2. The Kier molecular flexibility index (Phi) is 4.52. The van der Waals surface area contributed by atoms with Gasteiger partial charge in [-0.3, -0.25) is 9.69 Å². The molecule has 0 aliphatic carbocycles. The second kappa shape index (κ2) is 6.13. The van der Waals surface area contributed by atoms with E-state index in [9.17, 15) is 4.79 Å². The lowest BCUT2D eigenvalue weighted by atomic mass is 10.3. The minimum absolute atomic E-state index is 0.106. The molecule has 0 saturated heterocycles. The molecule has 0 saturated carbocycles. The molecule has 0 amide bonds. The van der Waals surface area contributed by atoms with Crippen molar-refractivity contribution in [2.75, 3.05) is 27.3 Å². The van der Waals surface area contributed by atoms with E-state index in [0.717, 1.165) is 29.7 Å². The Bertz CT molecular complexity index is 561. The van der Waals surface area contributed by atoms with Crippen molar-refractivity contribution < 1.29 is 4.74 Å². The fraction of sp³-hybridized carbons (Fsp3) is 0.462. The SMILES string of the molecule is COCCCN(C)Cn1sc2ccccc2c1=O. The topological polar surface area (TPSA) is 34.5 Å². The summed E-state index contributed by atoms with van der Waals surface area (Å²) in [6.07, 6.45) is 0.979. The summed E-state index contributed by atoms with van der Waals surface area (Å²) < 4.78 is 7.87. The third-order valence-corrected chi connectivity index (χ3v) is 3.87. The van der Waals surface area contributed by atoms with E-state index in [-0.39, 0.29) is 5.56 Å². The summed E-state index contributed by atoms with van der Waals surface area (Å²) in [5.41, 5.74) is 0.106. The highest BCUT2D eigenvalue weighted by atomic mass is 32.1. The summed E-state index contributed by atoms with van der Waals surface area (Å²) >= 11 is 1.52. The Morgan fingerprint density at radius 1 is 1.39 bits per heavy atom. The molecule has 18 heavy (non-hydrogen) atoms. The standard InChI is InChI=1S/C13H18N2O2S/c1-14(8-5-9-17-2)10-15-13(16)11-6-3-4-7-12(11)18-15/h3-4,6-7H,5,8-10H2,1-2H3. The molecule has 0 atom stereocenters. The Morgan fingerprint density at radius 2 is 2.17 bits per heavy atom. The second-order valence-corrected chi connectivity index (χ2v) is 5.40. The first-order valence-electron chi connectivity index (χ1n) is 5.98. The van der Waals surface area contributed by atoms with Gasteiger partial charge in [-0.15, -0.1) is 0 Å². The first-order valence-corrected chi connectivity index (χ1v) is 6.76. The van der Waals surface area contributed by atoms with Crippen LogP contribution in [-0.2, 0) is 11.4 Å². The maximum Gasteiger partial charge on any atom is 0.269 e. The number of fused-ring (bicyclic) bond motifs is 1.